The highest BCUT2D eigenvalue weighted by molar-refractivity contribution is 6.32. The Morgan fingerprint density at radius 3 is 2.92 bits per heavy atom. The predicted octanol–water partition coefficient (Wildman–Crippen LogP) is 1.32. The van der Waals surface area contributed by atoms with Crippen molar-refractivity contribution in [3.8, 4) is 5.69 Å². The normalized spacial score (nSPS) is 10.1. The molecule has 0 atom stereocenters. The third-order valence-corrected chi connectivity index (χ3v) is 1.71. The molecule has 2 aromatic heterocycles. The summed E-state index contributed by atoms with van der Waals surface area (Å²) in [5.74, 6) is 0. The van der Waals surface area contributed by atoms with Gasteiger partial charge >= 0.3 is 0 Å². The van der Waals surface area contributed by atoms with E-state index in [-0.39, 0.29) is 0 Å². The standard InChI is InChI=1S/C7H5ClN4/c8-6-3-9-2-1-7(6)12-5-10-4-11-12/h1-5H. The van der Waals surface area contributed by atoms with Gasteiger partial charge in [0.05, 0.1) is 10.7 Å². The summed E-state index contributed by atoms with van der Waals surface area (Å²) < 4.78 is 1.59. The lowest BCUT2D eigenvalue weighted by Gasteiger charge is -2.00. The van der Waals surface area contributed by atoms with Crippen LogP contribution in [0.15, 0.2) is 31.1 Å². The minimum atomic E-state index is 0.558. The van der Waals surface area contributed by atoms with E-state index in [1.807, 2.05) is 0 Å². The zero-order valence-electron chi connectivity index (χ0n) is 6.05. The van der Waals surface area contributed by atoms with Crippen LogP contribution in [-0.2, 0) is 0 Å². The lowest BCUT2D eigenvalue weighted by molar-refractivity contribution is 0.876. The highest BCUT2D eigenvalue weighted by Gasteiger charge is 2.00. The Morgan fingerprint density at radius 2 is 2.25 bits per heavy atom. The molecule has 2 heterocycles. The van der Waals surface area contributed by atoms with Gasteiger partial charge in [0.1, 0.15) is 12.7 Å². The smallest absolute Gasteiger partial charge is 0.138 e. The maximum atomic E-state index is 5.86. The first-order chi connectivity index (χ1) is 5.88. The van der Waals surface area contributed by atoms with Crippen LogP contribution in [0.2, 0.25) is 5.02 Å². The van der Waals surface area contributed by atoms with Crippen molar-refractivity contribution in [1.29, 1.82) is 0 Å². The molecule has 2 aromatic rings. The minimum absolute atomic E-state index is 0.558. The monoisotopic (exact) mass is 180 g/mol. The van der Waals surface area contributed by atoms with Crippen molar-refractivity contribution in [1.82, 2.24) is 19.7 Å². The molecule has 0 radical (unpaired) electrons. The van der Waals surface area contributed by atoms with Crippen molar-refractivity contribution in [3.63, 3.8) is 0 Å². The number of hydrogen-bond acceptors (Lipinski definition) is 3. The van der Waals surface area contributed by atoms with Gasteiger partial charge in [0.25, 0.3) is 0 Å². The molecule has 0 aromatic carbocycles. The van der Waals surface area contributed by atoms with Crippen LogP contribution >= 0.6 is 11.6 Å². The Hall–Kier alpha value is -1.42. The van der Waals surface area contributed by atoms with Crippen LogP contribution in [0.4, 0.5) is 0 Å². The first-order valence-electron chi connectivity index (χ1n) is 3.32. The molecule has 0 aliphatic rings. The van der Waals surface area contributed by atoms with Gasteiger partial charge in [0.15, 0.2) is 0 Å². The fraction of sp³-hybridized carbons (Fsp3) is 0. The van der Waals surface area contributed by atoms with E-state index in [1.165, 1.54) is 6.33 Å². The number of nitrogens with zero attached hydrogens (tertiary/aromatic N) is 4. The van der Waals surface area contributed by atoms with Crippen molar-refractivity contribution < 1.29 is 0 Å². The summed E-state index contributed by atoms with van der Waals surface area (Å²) in [4.78, 5) is 7.67. The van der Waals surface area contributed by atoms with E-state index in [0.29, 0.717) is 5.02 Å². The number of aromatic nitrogens is 4. The van der Waals surface area contributed by atoms with Gasteiger partial charge < -0.3 is 0 Å². The van der Waals surface area contributed by atoms with Crippen molar-refractivity contribution in [2.75, 3.05) is 0 Å². The van der Waals surface area contributed by atoms with Crippen molar-refractivity contribution in [3.05, 3.63) is 36.1 Å². The fourth-order valence-electron chi connectivity index (χ4n) is 0.886. The summed E-state index contributed by atoms with van der Waals surface area (Å²) in [6.45, 7) is 0. The van der Waals surface area contributed by atoms with Crippen LogP contribution in [0.5, 0.6) is 0 Å². The molecular formula is C7H5ClN4. The van der Waals surface area contributed by atoms with Gasteiger partial charge in [-0.05, 0) is 6.07 Å². The summed E-state index contributed by atoms with van der Waals surface area (Å²) in [7, 11) is 0. The van der Waals surface area contributed by atoms with Crippen molar-refractivity contribution in [2.24, 2.45) is 0 Å². The average molecular weight is 181 g/mol. The van der Waals surface area contributed by atoms with Gasteiger partial charge in [0, 0.05) is 12.4 Å². The first kappa shape index (κ1) is 7.24. The quantitative estimate of drug-likeness (QED) is 0.665. The Bertz CT molecular complexity index is 371. The SMILES string of the molecule is Clc1cnccc1-n1cncn1. The van der Waals surface area contributed by atoms with E-state index >= 15 is 0 Å². The summed E-state index contributed by atoms with van der Waals surface area (Å²) in [6.07, 6.45) is 6.26. The van der Waals surface area contributed by atoms with E-state index in [1.54, 1.807) is 29.5 Å². The fourth-order valence-corrected chi connectivity index (χ4v) is 1.09. The van der Waals surface area contributed by atoms with Crippen molar-refractivity contribution >= 4 is 11.6 Å². The third kappa shape index (κ3) is 1.16. The number of pyridine rings is 1. The van der Waals surface area contributed by atoms with E-state index < -0.39 is 0 Å². The second-order valence-corrected chi connectivity index (χ2v) is 2.57. The number of hydrogen-bond donors (Lipinski definition) is 0. The predicted molar refractivity (Wildman–Crippen MR) is 44.2 cm³/mol. The maximum absolute atomic E-state index is 5.86. The molecule has 5 heteroatoms. The molecule has 0 aliphatic heterocycles. The van der Waals surface area contributed by atoms with Gasteiger partial charge in [-0.15, -0.1) is 0 Å². The number of rotatable bonds is 1. The molecule has 0 fully saturated rings. The Morgan fingerprint density at radius 1 is 1.33 bits per heavy atom. The molecule has 0 saturated carbocycles. The molecule has 0 amide bonds. The topological polar surface area (TPSA) is 43.6 Å². The Labute approximate surface area is 73.8 Å². The number of halogens is 1. The molecule has 0 unspecified atom stereocenters. The van der Waals surface area contributed by atoms with Gasteiger partial charge in [-0.2, -0.15) is 5.10 Å². The van der Waals surface area contributed by atoms with E-state index in [4.69, 9.17) is 11.6 Å². The molecule has 12 heavy (non-hydrogen) atoms. The zero-order valence-corrected chi connectivity index (χ0v) is 6.81. The zero-order chi connectivity index (χ0) is 8.39. The highest BCUT2D eigenvalue weighted by atomic mass is 35.5. The molecule has 0 aliphatic carbocycles. The first-order valence-corrected chi connectivity index (χ1v) is 3.70. The van der Waals surface area contributed by atoms with Crippen molar-refractivity contribution in [2.45, 2.75) is 0 Å². The molecule has 2 rings (SSSR count). The third-order valence-electron chi connectivity index (χ3n) is 1.42. The van der Waals surface area contributed by atoms with Gasteiger partial charge in [-0.25, -0.2) is 9.67 Å². The van der Waals surface area contributed by atoms with Crippen LogP contribution < -0.4 is 0 Å². The van der Waals surface area contributed by atoms with Gasteiger partial charge in [0.2, 0.25) is 0 Å². The summed E-state index contributed by atoms with van der Waals surface area (Å²) in [5.41, 5.74) is 0.782. The average Bonchev–Trinajstić information content (AvgIpc) is 2.57. The largest absolute Gasteiger partial charge is 0.263 e. The lowest BCUT2D eigenvalue weighted by Crippen LogP contribution is -1.95. The Balaban J connectivity index is 2.55. The molecule has 0 saturated heterocycles. The van der Waals surface area contributed by atoms with E-state index in [9.17, 15) is 0 Å². The molecule has 0 spiro atoms. The van der Waals surface area contributed by atoms with Gasteiger partial charge in [-0.1, -0.05) is 11.6 Å². The van der Waals surface area contributed by atoms with Crippen LogP contribution in [-0.4, -0.2) is 19.7 Å². The minimum Gasteiger partial charge on any atom is -0.263 e. The summed E-state index contributed by atoms with van der Waals surface area (Å²) in [6, 6.07) is 1.77. The highest BCUT2D eigenvalue weighted by Crippen LogP contribution is 2.16. The second-order valence-electron chi connectivity index (χ2n) is 2.17. The maximum Gasteiger partial charge on any atom is 0.138 e. The van der Waals surface area contributed by atoms with Crippen LogP contribution in [0.3, 0.4) is 0 Å². The van der Waals surface area contributed by atoms with Crippen LogP contribution in [0.25, 0.3) is 5.69 Å². The molecule has 0 bridgehead atoms. The molecule has 60 valence electrons. The molecule has 4 nitrogen and oxygen atoms in total. The van der Waals surface area contributed by atoms with Crippen LogP contribution in [0.1, 0.15) is 0 Å². The Kier molecular flexibility index (Phi) is 1.75. The molecular weight excluding hydrogens is 176 g/mol. The molecule has 0 N–H and O–H groups in total. The second kappa shape index (κ2) is 2.91. The van der Waals surface area contributed by atoms with Gasteiger partial charge in [-0.3, -0.25) is 4.98 Å². The summed E-state index contributed by atoms with van der Waals surface area (Å²) in [5, 5.41) is 4.50. The lowest BCUT2D eigenvalue weighted by atomic mass is 10.4. The van der Waals surface area contributed by atoms with E-state index in [0.717, 1.165) is 5.69 Å². The summed E-state index contributed by atoms with van der Waals surface area (Å²) >= 11 is 5.86. The van der Waals surface area contributed by atoms with Crippen LogP contribution in [0, 0.1) is 0 Å². The van der Waals surface area contributed by atoms with E-state index in [2.05, 4.69) is 15.1 Å².